The standard InChI is InChI=1S/C19H25BrN4O2.HI/c1-3-21-19(23-13-16-8-6-12-26-16)22-11-10-18(25)24(2)14-15-7-4-5-9-17(15)20;/h4-9,12H,3,10-11,13-14H2,1-2H3,(H2,21,22,23);1H. The van der Waals surface area contributed by atoms with Gasteiger partial charge in [-0.05, 0) is 30.7 Å². The minimum Gasteiger partial charge on any atom is -0.467 e. The summed E-state index contributed by atoms with van der Waals surface area (Å²) in [5.41, 5.74) is 1.09. The Balaban J connectivity index is 0.00000364. The van der Waals surface area contributed by atoms with Gasteiger partial charge in [0.15, 0.2) is 5.96 Å². The van der Waals surface area contributed by atoms with Crippen LogP contribution in [0.15, 0.2) is 56.5 Å². The van der Waals surface area contributed by atoms with Crippen LogP contribution in [-0.4, -0.2) is 36.9 Å². The maximum absolute atomic E-state index is 12.3. The highest BCUT2D eigenvalue weighted by Gasteiger charge is 2.11. The lowest BCUT2D eigenvalue weighted by atomic mass is 10.2. The number of carbonyl (C=O) groups is 1. The van der Waals surface area contributed by atoms with Gasteiger partial charge in [0.2, 0.25) is 5.91 Å². The number of aliphatic imine (C=N–C) groups is 1. The smallest absolute Gasteiger partial charge is 0.224 e. The van der Waals surface area contributed by atoms with Gasteiger partial charge in [0, 0.05) is 37.6 Å². The Hall–Kier alpha value is -1.55. The molecule has 0 saturated heterocycles. The number of nitrogens with one attached hydrogen (secondary N) is 2. The number of rotatable bonds is 8. The maximum atomic E-state index is 12.3. The van der Waals surface area contributed by atoms with Crippen LogP contribution in [0.4, 0.5) is 0 Å². The molecule has 0 fully saturated rings. The Morgan fingerprint density at radius 3 is 2.67 bits per heavy atom. The quantitative estimate of drug-likeness (QED) is 0.299. The number of carbonyl (C=O) groups excluding carboxylic acids is 1. The van der Waals surface area contributed by atoms with E-state index in [1.807, 2.05) is 50.4 Å². The second-order valence-corrected chi connectivity index (χ2v) is 6.65. The summed E-state index contributed by atoms with van der Waals surface area (Å²) in [5, 5.41) is 6.35. The van der Waals surface area contributed by atoms with E-state index in [1.165, 1.54) is 0 Å². The summed E-state index contributed by atoms with van der Waals surface area (Å²) in [6.07, 6.45) is 2.02. The number of furan rings is 1. The van der Waals surface area contributed by atoms with Crippen molar-refractivity contribution in [2.75, 3.05) is 20.1 Å². The van der Waals surface area contributed by atoms with Crippen LogP contribution in [-0.2, 0) is 17.9 Å². The number of hydrogen-bond acceptors (Lipinski definition) is 3. The molecular formula is C19H26BrIN4O2. The van der Waals surface area contributed by atoms with E-state index in [9.17, 15) is 4.79 Å². The zero-order valence-corrected chi connectivity index (χ0v) is 19.5. The van der Waals surface area contributed by atoms with Crippen molar-refractivity contribution in [2.24, 2.45) is 4.99 Å². The first-order chi connectivity index (χ1) is 12.6. The number of hydrogen-bond donors (Lipinski definition) is 2. The van der Waals surface area contributed by atoms with Crippen molar-refractivity contribution in [3.05, 3.63) is 58.5 Å². The number of guanidine groups is 1. The predicted octanol–water partition coefficient (Wildman–Crippen LogP) is 3.76. The molecule has 0 aliphatic carbocycles. The molecule has 0 aliphatic heterocycles. The van der Waals surface area contributed by atoms with Crippen molar-refractivity contribution in [1.82, 2.24) is 15.5 Å². The third-order valence-corrected chi connectivity index (χ3v) is 4.51. The summed E-state index contributed by atoms with van der Waals surface area (Å²) in [5.74, 6) is 1.55. The van der Waals surface area contributed by atoms with Crippen molar-refractivity contribution in [2.45, 2.75) is 26.4 Å². The largest absolute Gasteiger partial charge is 0.467 e. The second-order valence-electron chi connectivity index (χ2n) is 5.79. The van der Waals surface area contributed by atoms with Gasteiger partial charge in [-0.25, -0.2) is 4.99 Å². The molecule has 6 nitrogen and oxygen atoms in total. The molecule has 1 aromatic carbocycles. The van der Waals surface area contributed by atoms with Crippen LogP contribution < -0.4 is 10.6 Å². The van der Waals surface area contributed by atoms with Crippen molar-refractivity contribution in [3.63, 3.8) is 0 Å². The first-order valence-electron chi connectivity index (χ1n) is 8.62. The normalized spacial score (nSPS) is 10.9. The molecule has 8 heteroatoms. The fourth-order valence-corrected chi connectivity index (χ4v) is 2.76. The van der Waals surface area contributed by atoms with Gasteiger partial charge in [-0.1, -0.05) is 34.1 Å². The van der Waals surface area contributed by atoms with Gasteiger partial charge in [0.25, 0.3) is 0 Å². The number of benzene rings is 1. The minimum atomic E-state index is 0. The fraction of sp³-hybridized carbons (Fsp3) is 0.368. The van der Waals surface area contributed by atoms with Gasteiger partial charge in [0.05, 0.1) is 6.26 Å². The summed E-state index contributed by atoms with van der Waals surface area (Å²) >= 11 is 3.51. The van der Waals surface area contributed by atoms with Gasteiger partial charge in [-0.15, -0.1) is 24.0 Å². The van der Waals surface area contributed by atoms with Crippen LogP contribution in [0.3, 0.4) is 0 Å². The highest BCUT2D eigenvalue weighted by molar-refractivity contribution is 14.0. The van der Waals surface area contributed by atoms with Crippen LogP contribution in [0, 0.1) is 0 Å². The Labute approximate surface area is 185 Å². The molecule has 2 N–H and O–H groups in total. The van der Waals surface area contributed by atoms with Crippen molar-refractivity contribution in [1.29, 1.82) is 0 Å². The second kappa shape index (κ2) is 12.8. The summed E-state index contributed by atoms with van der Waals surface area (Å²) in [4.78, 5) is 18.5. The molecule has 27 heavy (non-hydrogen) atoms. The third-order valence-electron chi connectivity index (χ3n) is 3.74. The lowest BCUT2D eigenvalue weighted by molar-refractivity contribution is -0.130. The number of amides is 1. The lowest BCUT2D eigenvalue weighted by Gasteiger charge is -2.19. The van der Waals surface area contributed by atoms with Gasteiger partial charge < -0.3 is 20.0 Å². The highest BCUT2D eigenvalue weighted by Crippen LogP contribution is 2.17. The van der Waals surface area contributed by atoms with Crippen molar-refractivity contribution in [3.8, 4) is 0 Å². The Kier molecular flexibility index (Phi) is 11.1. The topological polar surface area (TPSA) is 69.9 Å². The number of halogens is 2. The van der Waals surface area contributed by atoms with E-state index in [4.69, 9.17) is 4.42 Å². The van der Waals surface area contributed by atoms with Gasteiger partial charge in [-0.3, -0.25) is 4.79 Å². The first kappa shape index (κ1) is 23.5. The van der Waals surface area contributed by atoms with Crippen LogP contribution in [0.1, 0.15) is 24.7 Å². The van der Waals surface area contributed by atoms with Crippen LogP contribution in [0.5, 0.6) is 0 Å². The molecule has 1 heterocycles. The zero-order valence-electron chi connectivity index (χ0n) is 15.6. The molecule has 148 valence electrons. The summed E-state index contributed by atoms with van der Waals surface area (Å²) in [7, 11) is 1.82. The average molecular weight is 549 g/mol. The lowest BCUT2D eigenvalue weighted by Crippen LogP contribution is -2.39. The van der Waals surface area contributed by atoms with E-state index in [1.54, 1.807) is 11.2 Å². The molecule has 0 saturated carbocycles. The molecule has 2 aromatic rings. The predicted molar refractivity (Wildman–Crippen MR) is 122 cm³/mol. The summed E-state index contributed by atoms with van der Waals surface area (Å²) in [6.45, 7) is 4.30. The maximum Gasteiger partial charge on any atom is 0.224 e. The van der Waals surface area contributed by atoms with E-state index in [0.29, 0.717) is 32.0 Å². The molecule has 0 bridgehead atoms. The summed E-state index contributed by atoms with van der Waals surface area (Å²) in [6, 6.07) is 11.6. The van der Waals surface area contributed by atoms with Crippen molar-refractivity contribution >= 4 is 51.8 Å². The van der Waals surface area contributed by atoms with E-state index >= 15 is 0 Å². The monoisotopic (exact) mass is 548 g/mol. The van der Waals surface area contributed by atoms with Gasteiger partial charge >= 0.3 is 0 Å². The van der Waals surface area contributed by atoms with Crippen LogP contribution in [0.25, 0.3) is 0 Å². The molecule has 1 aromatic heterocycles. The van der Waals surface area contributed by atoms with Crippen molar-refractivity contribution < 1.29 is 9.21 Å². The molecule has 0 atom stereocenters. The number of nitrogens with zero attached hydrogens (tertiary/aromatic N) is 2. The minimum absolute atomic E-state index is 0. The molecule has 1 amide bonds. The van der Waals surface area contributed by atoms with E-state index in [2.05, 4.69) is 31.6 Å². The first-order valence-corrected chi connectivity index (χ1v) is 9.41. The SMILES string of the molecule is CCNC(=NCc1ccco1)NCCC(=O)N(C)Cc1ccccc1Br.I. The molecule has 0 spiro atoms. The molecule has 0 aliphatic rings. The Morgan fingerprint density at radius 1 is 1.22 bits per heavy atom. The van der Waals surface area contributed by atoms with E-state index in [-0.39, 0.29) is 29.9 Å². The van der Waals surface area contributed by atoms with Gasteiger partial charge in [-0.2, -0.15) is 0 Å². The molecule has 0 unspecified atom stereocenters. The summed E-state index contributed by atoms with van der Waals surface area (Å²) < 4.78 is 6.29. The average Bonchev–Trinajstić information content (AvgIpc) is 3.15. The molecule has 2 rings (SSSR count). The van der Waals surface area contributed by atoms with Crippen LogP contribution in [0.2, 0.25) is 0 Å². The van der Waals surface area contributed by atoms with Gasteiger partial charge in [0.1, 0.15) is 12.3 Å². The zero-order chi connectivity index (χ0) is 18.8. The third kappa shape index (κ3) is 8.34. The van der Waals surface area contributed by atoms with E-state index in [0.717, 1.165) is 22.3 Å². The fourth-order valence-electron chi connectivity index (χ4n) is 2.35. The van der Waals surface area contributed by atoms with E-state index < -0.39 is 0 Å². The molecular weight excluding hydrogens is 523 g/mol. The molecule has 0 radical (unpaired) electrons. The van der Waals surface area contributed by atoms with Crippen LogP contribution >= 0.6 is 39.9 Å². The Morgan fingerprint density at radius 2 is 2.00 bits per heavy atom. The highest BCUT2D eigenvalue weighted by atomic mass is 127. The Bertz CT molecular complexity index is 722.